The molecule has 0 aliphatic rings. The molecular formula is C55H35N3. The van der Waals surface area contributed by atoms with E-state index in [2.05, 4.69) is 203 Å². The molecule has 3 nitrogen and oxygen atoms in total. The van der Waals surface area contributed by atoms with Crippen molar-refractivity contribution in [1.82, 2.24) is 9.13 Å². The molecule has 0 unspecified atom stereocenters. The summed E-state index contributed by atoms with van der Waals surface area (Å²) in [5.74, 6) is 0. The minimum atomic E-state index is 0.652. The first kappa shape index (κ1) is 33.4. The fraction of sp³-hybridized carbons (Fsp3) is 0. The first-order chi connectivity index (χ1) is 28.7. The summed E-state index contributed by atoms with van der Waals surface area (Å²) in [6, 6.07) is 78.3. The Morgan fingerprint density at radius 1 is 0.293 bits per heavy atom. The molecule has 0 saturated heterocycles. The Bertz CT molecular complexity index is 3170. The van der Waals surface area contributed by atoms with Crippen molar-refractivity contribution < 1.29 is 0 Å². The fourth-order valence-corrected chi connectivity index (χ4v) is 9.03. The second-order valence-corrected chi connectivity index (χ2v) is 14.8. The van der Waals surface area contributed by atoms with Crippen LogP contribution in [0.2, 0.25) is 0 Å². The van der Waals surface area contributed by atoms with E-state index in [1.54, 1.807) is 0 Å². The molecule has 9 aromatic carbocycles. The summed E-state index contributed by atoms with van der Waals surface area (Å²) in [5.41, 5.74) is 16.6. The van der Waals surface area contributed by atoms with Gasteiger partial charge in [0.15, 0.2) is 0 Å². The standard InChI is InChI=1S/C55H35N3/c56-36-37-29-31-38(32-30-37)42-15-1-3-17-44(42)46-19-5-6-20-47(46)45-18-4-2-16-43(45)39-33-40(57-52-25-11-7-21-48(52)49-22-8-12-26-53(49)57)35-41(34-39)58-54-27-13-9-23-50(54)51-24-10-14-28-55(51)58/h1-35H. The summed E-state index contributed by atoms with van der Waals surface area (Å²) in [6.07, 6.45) is 0. The molecule has 0 bridgehead atoms. The van der Waals surface area contributed by atoms with E-state index in [0.717, 1.165) is 55.9 Å². The van der Waals surface area contributed by atoms with Crippen molar-refractivity contribution in [3.8, 4) is 62.0 Å². The first-order valence-corrected chi connectivity index (χ1v) is 19.7. The van der Waals surface area contributed by atoms with E-state index in [0.29, 0.717) is 5.56 Å². The Kier molecular flexibility index (Phi) is 7.88. The van der Waals surface area contributed by atoms with Crippen LogP contribution in [0.5, 0.6) is 0 Å². The minimum Gasteiger partial charge on any atom is -0.309 e. The third-order valence-electron chi connectivity index (χ3n) is 11.6. The van der Waals surface area contributed by atoms with Crippen LogP contribution in [-0.4, -0.2) is 9.13 Å². The van der Waals surface area contributed by atoms with Gasteiger partial charge >= 0.3 is 0 Å². The summed E-state index contributed by atoms with van der Waals surface area (Å²) < 4.78 is 4.85. The van der Waals surface area contributed by atoms with Gasteiger partial charge < -0.3 is 9.13 Å². The lowest BCUT2D eigenvalue weighted by molar-refractivity contribution is 1.13. The molecule has 0 saturated carbocycles. The number of benzene rings is 9. The Hall–Kier alpha value is -7.93. The Morgan fingerprint density at radius 2 is 0.603 bits per heavy atom. The number of hydrogen-bond donors (Lipinski definition) is 0. The predicted octanol–water partition coefficient (Wildman–Crippen LogP) is 14.4. The summed E-state index contributed by atoms with van der Waals surface area (Å²) in [4.78, 5) is 0. The van der Waals surface area contributed by atoms with Crippen LogP contribution in [0, 0.1) is 11.3 Å². The van der Waals surface area contributed by atoms with E-state index in [-0.39, 0.29) is 0 Å². The van der Waals surface area contributed by atoms with Crippen LogP contribution >= 0.6 is 0 Å². The minimum absolute atomic E-state index is 0.652. The highest BCUT2D eigenvalue weighted by Gasteiger charge is 2.20. The molecule has 58 heavy (non-hydrogen) atoms. The maximum absolute atomic E-state index is 9.49. The number of nitriles is 1. The van der Waals surface area contributed by atoms with Crippen molar-refractivity contribution in [1.29, 1.82) is 5.26 Å². The van der Waals surface area contributed by atoms with Gasteiger partial charge in [0, 0.05) is 32.9 Å². The van der Waals surface area contributed by atoms with Crippen LogP contribution in [0.15, 0.2) is 212 Å². The largest absolute Gasteiger partial charge is 0.309 e. The molecule has 0 aliphatic heterocycles. The number of fused-ring (bicyclic) bond motifs is 6. The van der Waals surface area contributed by atoms with E-state index in [1.165, 1.54) is 43.6 Å². The molecule has 0 spiro atoms. The average Bonchev–Trinajstić information content (AvgIpc) is 3.82. The summed E-state index contributed by atoms with van der Waals surface area (Å²) >= 11 is 0. The lowest BCUT2D eigenvalue weighted by atomic mass is 9.86. The van der Waals surface area contributed by atoms with Crippen LogP contribution in [-0.2, 0) is 0 Å². The van der Waals surface area contributed by atoms with Gasteiger partial charge in [-0.05, 0) is 99.1 Å². The lowest BCUT2D eigenvalue weighted by Crippen LogP contribution is -2.00. The summed E-state index contributed by atoms with van der Waals surface area (Å²) in [6.45, 7) is 0. The maximum atomic E-state index is 9.49. The van der Waals surface area contributed by atoms with Crippen molar-refractivity contribution >= 4 is 43.6 Å². The second-order valence-electron chi connectivity index (χ2n) is 14.8. The number of hydrogen-bond acceptors (Lipinski definition) is 1. The van der Waals surface area contributed by atoms with Gasteiger partial charge in [-0.15, -0.1) is 0 Å². The topological polar surface area (TPSA) is 33.6 Å². The van der Waals surface area contributed by atoms with Crippen LogP contribution in [0.3, 0.4) is 0 Å². The smallest absolute Gasteiger partial charge is 0.0991 e. The van der Waals surface area contributed by atoms with Gasteiger partial charge in [-0.2, -0.15) is 5.26 Å². The molecule has 0 atom stereocenters. The zero-order chi connectivity index (χ0) is 38.6. The van der Waals surface area contributed by atoms with Gasteiger partial charge in [-0.3, -0.25) is 0 Å². The zero-order valence-corrected chi connectivity index (χ0v) is 31.5. The van der Waals surface area contributed by atoms with E-state index in [1.807, 2.05) is 24.3 Å². The van der Waals surface area contributed by atoms with Gasteiger partial charge in [0.25, 0.3) is 0 Å². The SMILES string of the molecule is N#Cc1ccc(-c2ccccc2-c2ccccc2-c2ccccc2-c2cc(-n3c4ccccc4c4ccccc43)cc(-n3c4ccccc4c4ccccc43)c2)cc1. The van der Waals surface area contributed by atoms with Crippen LogP contribution in [0.4, 0.5) is 0 Å². The van der Waals surface area contributed by atoms with E-state index >= 15 is 0 Å². The van der Waals surface area contributed by atoms with Crippen LogP contribution in [0.1, 0.15) is 5.56 Å². The molecule has 270 valence electrons. The summed E-state index contributed by atoms with van der Waals surface area (Å²) in [5, 5.41) is 14.4. The molecule has 0 fully saturated rings. The third-order valence-corrected chi connectivity index (χ3v) is 11.6. The monoisotopic (exact) mass is 737 g/mol. The first-order valence-electron chi connectivity index (χ1n) is 19.7. The molecule has 0 aliphatic carbocycles. The van der Waals surface area contributed by atoms with Crippen molar-refractivity contribution in [2.24, 2.45) is 0 Å². The van der Waals surface area contributed by atoms with Crippen molar-refractivity contribution in [3.05, 3.63) is 218 Å². The molecule has 3 heteroatoms. The molecule has 0 N–H and O–H groups in total. The average molecular weight is 738 g/mol. The van der Waals surface area contributed by atoms with Crippen molar-refractivity contribution in [3.63, 3.8) is 0 Å². The zero-order valence-electron chi connectivity index (χ0n) is 31.5. The molecule has 11 aromatic rings. The highest BCUT2D eigenvalue weighted by Crippen LogP contribution is 2.43. The highest BCUT2D eigenvalue weighted by molar-refractivity contribution is 6.11. The molecule has 2 heterocycles. The van der Waals surface area contributed by atoms with E-state index < -0.39 is 0 Å². The van der Waals surface area contributed by atoms with Gasteiger partial charge in [-0.1, -0.05) is 158 Å². The Morgan fingerprint density at radius 3 is 0.983 bits per heavy atom. The normalized spacial score (nSPS) is 11.4. The molecule has 0 amide bonds. The quantitative estimate of drug-likeness (QED) is 0.167. The molecule has 2 aromatic heterocycles. The lowest BCUT2D eigenvalue weighted by Gasteiger charge is -2.19. The number of aromatic nitrogens is 2. The van der Waals surface area contributed by atoms with Gasteiger partial charge in [0.05, 0.1) is 33.7 Å². The highest BCUT2D eigenvalue weighted by atomic mass is 15.0. The van der Waals surface area contributed by atoms with E-state index in [4.69, 9.17) is 0 Å². The van der Waals surface area contributed by atoms with Gasteiger partial charge in [-0.25, -0.2) is 0 Å². The third kappa shape index (κ3) is 5.35. The van der Waals surface area contributed by atoms with Crippen LogP contribution < -0.4 is 0 Å². The second kappa shape index (κ2) is 13.7. The Balaban J connectivity index is 1.18. The molecule has 11 rings (SSSR count). The van der Waals surface area contributed by atoms with Crippen LogP contribution in [0.25, 0.3) is 99.5 Å². The van der Waals surface area contributed by atoms with E-state index in [9.17, 15) is 5.26 Å². The Labute approximate surface area is 336 Å². The molecule has 0 radical (unpaired) electrons. The van der Waals surface area contributed by atoms with Crippen molar-refractivity contribution in [2.75, 3.05) is 0 Å². The van der Waals surface area contributed by atoms with Gasteiger partial charge in [0.1, 0.15) is 0 Å². The molecular weight excluding hydrogens is 703 g/mol. The number of nitrogens with zero attached hydrogens (tertiary/aromatic N) is 3. The predicted molar refractivity (Wildman–Crippen MR) is 242 cm³/mol. The van der Waals surface area contributed by atoms with Gasteiger partial charge in [0.2, 0.25) is 0 Å². The number of rotatable bonds is 6. The van der Waals surface area contributed by atoms with Crippen molar-refractivity contribution in [2.45, 2.75) is 0 Å². The number of para-hydroxylation sites is 4. The fourth-order valence-electron chi connectivity index (χ4n) is 9.03. The summed E-state index contributed by atoms with van der Waals surface area (Å²) in [7, 11) is 0. The maximum Gasteiger partial charge on any atom is 0.0991 e.